The second kappa shape index (κ2) is 5.78. The van der Waals surface area contributed by atoms with E-state index in [4.69, 9.17) is 0 Å². The van der Waals surface area contributed by atoms with E-state index in [0.29, 0.717) is 12.1 Å². The zero-order valence-electron chi connectivity index (χ0n) is 10.8. The molecule has 2 rings (SSSR count). The summed E-state index contributed by atoms with van der Waals surface area (Å²) in [7, 11) is 0. The van der Waals surface area contributed by atoms with Gasteiger partial charge in [0.1, 0.15) is 5.82 Å². The molecular formula is C16H18FN. The van der Waals surface area contributed by atoms with Crippen molar-refractivity contribution >= 4 is 0 Å². The maximum atomic E-state index is 13.4. The molecule has 94 valence electrons. The van der Waals surface area contributed by atoms with Crippen LogP contribution < -0.4 is 5.32 Å². The van der Waals surface area contributed by atoms with E-state index in [0.717, 1.165) is 5.56 Å². The number of nitrogens with one attached hydrogen (secondary N) is 1. The molecule has 0 heterocycles. The fourth-order valence-corrected chi connectivity index (χ4v) is 1.88. The van der Waals surface area contributed by atoms with Crippen molar-refractivity contribution in [3.8, 4) is 0 Å². The van der Waals surface area contributed by atoms with Gasteiger partial charge in [-0.1, -0.05) is 42.5 Å². The lowest BCUT2D eigenvalue weighted by Crippen LogP contribution is -2.18. The molecule has 0 amide bonds. The van der Waals surface area contributed by atoms with Crippen molar-refractivity contribution in [3.05, 3.63) is 71.0 Å². The Labute approximate surface area is 108 Å². The van der Waals surface area contributed by atoms with E-state index in [9.17, 15) is 4.39 Å². The van der Waals surface area contributed by atoms with Gasteiger partial charge < -0.3 is 5.32 Å². The first kappa shape index (κ1) is 12.8. The summed E-state index contributed by atoms with van der Waals surface area (Å²) < 4.78 is 13.4. The van der Waals surface area contributed by atoms with Gasteiger partial charge in [-0.2, -0.15) is 0 Å². The van der Waals surface area contributed by atoms with E-state index in [1.54, 1.807) is 13.0 Å². The molecule has 0 fully saturated rings. The maximum Gasteiger partial charge on any atom is 0.126 e. The van der Waals surface area contributed by atoms with Crippen molar-refractivity contribution in [2.45, 2.75) is 26.4 Å². The minimum absolute atomic E-state index is 0.137. The molecule has 0 aliphatic rings. The SMILES string of the molecule is Cc1ccc(CNC(C)c2ccccc2)cc1F. The van der Waals surface area contributed by atoms with Crippen LogP contribution in [0.3, 0.4) is 0 Å². The predicted molar refractivity (Wildman–Crippen MR) is 72.8 cm³/mol. The molecule has 0 spiro atoms. The van der Waals surface area contributed by atoms with Crippen LogP contribution in [0.4, 0.5) is 4.39 Å². The Morgan fingerprint density at radius 3 is 2.50 bits per heavy atom. The van der Waals surface area contributed by atoms with Crippen molar-refractivity contribution in [1.29, 1.82) is 0 Å². The van der Waals surface area contributed by atoms with Gasteiger partial charge in [0, 0.05) is 12.6 Å². The van der Waals surface area contributed by atoms with E-state index >= 15 is 0 Å². The zero-order valence-corrected chi connectivity index (χ0v) is 10.8. The van der Waals surface area contributed by atoms with E-state index < -0.39 is 0 Å². The molecule has 1 unspecified atom stereocenters. The van der Waals surface area contributed by atoms with Crippen LogP contribution in [-0.2, 0) is 6.54 Å². The van der Waals surface area contributed by atoms with E-state index in [1.165, 1.54) is 5.56 Å². The first-order chi connectivity index (χ1) is 8.66. The van der Waals surface area contributed by atoms with Gasteiger partial charge >= 0.3 is 0 Å². The summed E-state index contributed by atoms with van der Waals surface area (Å²) in [6.07, 6.45) is 0. The molecule has 2 aromatic rings. The predicted octanol–water partition coefficient (Wildman–Crippen LogP) is 3.98. The van der Waals surface area contributed by atoms with Crippen molar-refractivity contribution in [2.24, 2.45) is 0 Å². The normalized spacial score (nSPS) is 12.4. The Bertz CT molecular complexity index is 508. The van der Waals surface area contributed by atoms with Gasteiger partial charge in [-0.3, -0.25) is 0 Å². The van der Waals surface area contributed by atoms with Gasteiger partial charge in [0.05, 0.1) is 0 Å². The second-order valence-electron chi connectivity index (χ2n) is 4.60. The summed E-state index contributed by atoms with van der Waals surface area (Å²) in [5, 5.41) is 3.40. The van der Waals surface area contributed by atoms with Crippen LogP contribution in [0.5, 0.6) is 0 Å². The molecule has 0 saturated heterocycles. The largest absolute Gasteiger partial charge is 0.306 e. The summed E-state index contributed by atoms with van der Waals surface area (Å²) in [4.78, 5) is 0. The fourth-order valence-electron chi connectivity index (χ4n) is 1.88. The summed E-state index contributed by atoms with van der Waals surface area (Å²) in [6.45, 7) is 4.56. The third-order valence-electron chi connectivity index (χ3n) is 3.15. The molecule has 0 saturated carbocycles. The van der Waals surface area contributed by atoms with Gasteiger partial charge in [0.2, 0.25) is 0 Å². The highest BCUT2D eigenvalue weighted by atomic mass is 19.1. The minimum atomic E-state index is -0.137. The Hall–Kier alpha value is -1.67. The number of aryl methyl sites for hydroxylation is 1. The summed E-state index contributed by atoms with van der Waals surface area (Å²) in [6, 6.07) is 15.9. The number of hydrogen-bond donors (Lipinski definition) is 1. The first-order valence-electron chi connectivity index (χ1n) is 6.20. The molecule has 0 aliphatic carbocycles. The highest BCUT2D eigenvalue weighted by molar-refractivity contribution is 5.24. The minimum Gasteiger partial charge on any atom is -0.306 e. The van der Waals surface area contributed by atoms with Crippen LogP contribution in [0.2, 0.25) is 0 Å². The summed E-state index contributed by atoms with van der Waals surface area (Å²) in [5.74, 6) is -0.137. The van der Waals surface area contributed by atoms with Gasteiger partial charge in [0.25, 0.3) is 0 Å². The Morgan fingerprint density at radius 1 is 1.11 bits per heavy atom. The third kappa shape index (κ3) is 3.17. The third-order valence-corrected chi connectivity index (χ3v) is 3.15. The molecule has 18 heavy (non-hydrogen) atoms. The molecule has 0 aliphatic heterocycles. The molecule has 2 heteroatoms. The van der Waals surface area contributed by atoms with Gasteiger partial charge in [0.15, 0.2) is 0 Å². The second-order valence-corrected chi connectivity index (χ2v) is 4.60. The topological polar surface area (TPSA) is 12.0 Å². The Balaban J connectivity index is 1.97. The van der Waals surface area contributed by atoms with Crippen LogP contribution in [0.25, 0.3) is 0 Å². The smallest absolute Gasteiger partial charge is 0.126 e. The van der Waals surface area contributed by atoms with E-state index in [2.05, 4.69) is 24.4 Å². The summed E-state index contributed by atoms with van der Waals surface area (Å²) >= 11 is 0. The molecule has 1 N–H and O–H groups in total. The average Bonchev–Trinajstić information content (AvgIpc) is 2.41. The van der Waals surface area contributed by atoms with Crippen LogP contribution in [0.1, 0.15) is 29.7 Å². The van der Waals surface area contributed by atoms with Gasteiger partial charge in [-0.15, -0.1) is 0 Å². The molecule has 1 nitrogen and oxygen atoms in total. The Kier molecular flexibility index (Phi) is 4.11. The molecule has 0 bridgehead atoms. The van der Waals surface area contributed by atoms with E-state index in [-0.39, 0.29) is 11.9 Å². The first-order valence-corrected chi connectivity index (χ1v) is 6.20. The standard InChI is InChI=1S/C16H18FN/c1-12-8-9-14(10-16(12)17)11-18-13(2)15-6-4-3-5-7-15/h3-10,13,18H,11H2,1-2H3. The van der Waals surface area contributed by atoms with Crippen LogP contribution >= 0.6 is 0 Å². The van der Waals surface area contributed by atoms with E-state index in [1.807, 2.05) is 30.3 Å². The van der Waals surface area contributed by atoms with Crippen molar-refractivity contribution in [1.82, 2.24) is 5.32 Å². The van der Waals surface area contributed by atoms with Crippen LogP contribution in [-0.4, -0.2) is 0 Å². The maximum absolute atomic E-state index is 13.4. The van der Waals surface area contributed by atoms with Gasteiger partial charge in [-0.25, -0.2) is 4.39 Å². The lowest BCUT2D eigenvalue weighted by Gasteiger charge is -2.14. The van der Waals surface area contributed by atoms with Crippen LogP contribution in [0.15, 0.2) is 48.5 Å². The summed E-state index contributed by atoms with van der Waals surface area (Å²) in [5.41, 5.74) is 2.90. The fraction of sp³-hybridized carbons (Fsp3) is 0.250. The average molecular weight is 243 g/mol. The highest BCUT2D eigenvalue weighted by Crippen LogP contribution is 2.13. The lowest BCUT2D eigenvalue weighted by molar-refractivity contribution is 0.568. The van der Waals surface area contributed by atoms with Crippen LogP contribution in [0, 0.1) is 12.7 Å². The van der Waals surface area contributed by atoms with Gasteiger partial charge in [-0.05, 0) is 36.6 Å². The molecule has 0 radical (unpaired) electrons. The zero-order chi connectivity index (χ0) is 13.0. The molecule has 2 aromatic carbocycles. The monoisotopic (exact) mass is 243 g/mol. The van der Waals surface area contributed by atoms with Crippen molar-refractivity contribution < 1.29 is 4.39 Å². The van der Waals surface area contributed by atoms with Crippen molar-refractivity contribution in [2.75, 3.05) is 0 Å². The number of rotatable bonds is 4. The lowest BCUT2D eigenvalue weighted by atomic mass is 10.1. The molecule has 1 atom stereocenters. The number of halogens is 1. The number of benzene rings is 2. The highest BCUT2D eigenvalue weighted by Gasteiger charge is 2.05. The molecule has 0 aromatic heterocycles. The Morgan fingerprint density at radius 2 is 1.83 bits per heavy atom. The van der Waals surface area contributed by atoms with Crippen molar-refractivity contribution in [3.63, 3.8) is 0 Å². The number of hydrogen-bond acceptors (Lipinski definition) is 1. The quantitative estimate of drug-likeness (QED) is 0.856. The molecular weight excluding hydrogens is 225 g/mol.